The highest BCUT2D eigenvalue weighted by Gasteiger charge is 2.35. The summed E-state index contributed by atoms with van der Waals surface area (Å²) in [5.41, 5.74) is 1.55. The first-order chi connectivity index (χ1) is 19.1. The molecule has 0 unspecified atom stereocenters. The van der Waals surface area contributed by atoms with Crippen molar-refractivity contribution in [2.24, 2.45) is 0 Å². The number of anilines is 2. The number of halogens is 2. The van der Waals surface area contributed by atoms with E-state index in [0.717, 1.165) is 10.6 Å². The number of carbonyl (C=O) groups excluding carboxylic acids is 1. The number of piperazine rings is 1. The van der Waals surface area contributed by atoms with Crippen LogP contribution in [0.5, 0.6) is 0 Å². The monoisotopic (exact) mass is 638 g/mol. The van der Waals surface area contributed by atoms with E-state index < -0.39 is 30.6 Å². The van der Waals surface area contributed by atoms with Gasteiger partial charge in [-0.3, -0.25) is 9.10 Å². The highest BCUT2D eigenvalue weighted by Crippen LogP contribution is 2.32. The molecule has 4 rings (SSSR count). The molecule has 1 N–H and O–H groups in total. The van der Waals surface area contributed by atoms with E-state index >= 15 is 0 Å². The summed E-state index contributed by atoms with van der Waals surface area (Å²) in [6, 6.07) is 14.9. The van der Waals surface area contributed by atoms with Crippen molar-refractivity contribution in [2.45, 2.75) is 4.90 Å². The van der Waals surface area contributed by atoms with Gasteiger partial charge >= 0.3 is 0 Å². The van der Waals surface area contributed by atoms with Crippen molar-refractivity contribution in [1.29, 1.82) is 0 Å². The predicted molar refractivity (Wildman–Crippen MR) is 164 cm³/mol. The van der Waals surface area contributed by atoms with Crippen LogP contribution in [-0.2, 0) is 20.0 Å². The minimum atomic E-state index is -3.92. The smallest absolute Gasteiger partial charge is 0.257 e. The number of quaternary nitrogens is 1. The van der Waals surface area contributed by atoms with Crippen LogP contribution >= 0.6 is 23.2 Å². The molecular formula is C27H28Cl2N4O6S2. The van der Waals surface area contributed by atoms with E-state index in [0.29, 0.717) is 27.0 Å². The lowest BCUT2D eigenvalue weighted by atomic mass is 10.1. The Bertz CT molecular complexity index is 1690. The molecule has 0 radical (unpaired) electrons. The largest absolute Gasteiger partial charge is 0.627 e. The van der Waals surface area contributed by atoms with Crippen LogP contribution in [0.1, 0.15) is 15.9 Å². The van der Waals surface area contributed by atoms with Crippen LogP contribution < -0.4 is 14.3 Å². The van der Waals surface area contributed by atoms with Crippen molar-refractivity contribution in [3.63, 3.8) is 0 Å². The summed E-state index contributed by atoms with van der Waals surface area (Å²) in [5.74, 6) is -0.587. The maximum atomic E-state index is 13.4. The summed E-state index contributed by atoms with van der Waals surface area (Å²) in [7, 11) is -6.21. The zero-order chi connectivity index (χ0) is 30.2. The summed E-state index contributed by atoms with van der Waals surface area (Å²) < 4.78 is 52.3. The van der Waals surface area contributed by atoms with Crippen LogP contribution in [0.2, 0.25) is 10.0 Å². The third-order valence-corrected chi connectivity index (χ3v) is 10.4. The lowest BCUT2D eigenvalue weighted by molar-refractivity contribution is 0.102. The third kappa shape index (κ3) is 6.75. The highest BCUT2D eigenvalue weighted by molar-refractivity contribution is 7.92. The molecule has 0 saturated carbocycles. The molecule has 1 amide bonds. The van der Waals surface area contributed by atoms with Gasteiger partial charge in [-0.05, 0) is 48.0 Å². The molecule has 10 nitrogen and oxygen atoms in total. The number of hydrogen-bond donors (Lipinski definition) is 1. The number of nitrogens with one attached hydrogen (secondary N) is 1. The summed E-state index contributed by atoms with van der Waals surface area (Å²) in [5, 5.41) is 16.7. The van der Waals surface area contributed by atoms with Crippen LogP contribution in [0.25, 0.3) is 6.08 Å². The number of sulfonamides is 2. The van der Waals surface area contributed by atoms with E-state index in [9.17, 15) is 26.8 Å². The molecule has 3 aromatic carbocycles. The topological polar surface area (TPSA) is 127 Å². The van der Waals surface area contributed by atoms with Gasteiger partial charge < -0.3 is 15.2 Å². The molecule has 1 heterocycles. The zero-order valence-electron chi connectivity index (χ0n) is 22.2. The molecule has 1 fully saturated rings. The van der Waals surface area contributed by atoms with Crippen molar-refractivity contribution < 1.29 is 21.6 Å². The third-order valence-electron chi connectivity index (χ3n) is 6.83. The second kappa shape index (κ2) is 11.7. The zero-order valence-corrected chi connectivity index (χ0v) is 25.4. The molecule has 0 bridgehead atoms. The van der Waals surface area contributed by atoms with Gasteiger partial charge in [-0.1, -0.05) is 41.9 Å². The second-order valence-electron chi connectivity index (χ2n) is 9.56. The molecule has 14 heteroatoms. The summed E-state index contributed by atoms with van der Waals surface area (Å²) >= 11 is 12.1. The normalized spacial score (nSPS) is 15.7. The molecule has 0 atom stereocenters. The number of hydrogen-bond acceptors (Lipinski definition) is 6. The van der Waals surface area contributed by atoms with Crippen molar-refractivity contribution in [3.8, 4) is 0 Å². The molecule has 218 valence electrons. The lowest BCUT2D eigenvalue weighted by Gasteiger charge is -2.47. The number of rotatable bonds is 8. The Morgan fingerprint density at radius 2 is 1.59 bits per heavy atom. The molecule has 0 aliphatic carbocycles. The predicted octanol–water partition coefficient (Wildman–Crippen LogP) is 4.79. The minimum absolute atomic E-state index is 0.00153. The average Bonchev–Trinajstić information content (AvgIpc) is 2.92. The van der Waals surface area contributed by atoms with E-state index in [2.05, 4.69) is 11.9 Å². The molecule has 3 aromatic rings. The maximum absolute atomic E-state index is 13.4. The molecule has 0 spiro atoms. The fourth-order valence-corrected chi connectivity index (χ4v) is 6.87. The Morgan fingerprint density at radius 1 is 1.00 bits per heavy atom. The standard InChI is InChI=1S/C27H28Cl2N4O6S2/c1-4-19-5-10-26(31(2)40(3,36)37)25(15-19)27(34)30-22-6-8-24(9-7-22)41(38,39)32-11-13-33(35,14-12-32)23-17-20(28)16-21(29)18-23/h4-10,15-18H,1,11-14H2,2-3H3,(H,30,34). The van der Waals surface area contributed by atoms with E-state index in [-0.39, 0.29) is 42.3 Å². The molecular weight excluding hydrogens is 611 g/mol. The van der Waals surface area contributed by atoms with Gasteiger partial charge in [0, 0.05) is 34.9 Å². The van der Waals surface area contributed by atoms with Gasteiger partial charge in [0.2, 0.25) is 20.0 Å². The first-order valence-electron chi connectivity index (χ1n) is 12.3. The molecule has 41 heavy (non-hydrogen) atoms. The van der Waals surface area contributed by atoms with Gasteiger partial charge in [0.25, 0.3) is 5.91 Å². The molecule has 1 aliphatic heterocycles. The van der Waals surface area contributed by atoms with Crippen LogP contribution in [0.4, 0.5) is 17.1 Å². The van der Waals surface area contributed by atoms with Gasteiger partial charge in [-0.25, -0.2) is 16.8 Å². The SMILES string of the molecule is C=Cc1ccc(N(C)S(C)(=O)=O)c(C(=O)Nc2ccc(S(=O)(=O)N3CC[N+]([O-])(c4cc(Cl)cc(Cl)c4)CC3)cc2)c1. The van der Waals surface area contributed by atoms with E-state index in [1.165, 1.54) is 72.0 Å². The Balaban J connectivity index is 1.49. The molecule has 1 saturated heterocycles. The van der Waals surface area contributed by atoms with Gasteiger partial charge in [-0.2, -0.15) is 4.31 Å². The van der Waals surface area contributed by atoms with Gasteiger partial charge in [0.05, 0.1) is 48.6 Å². The Labute approximate surface area is 249 Å². The first-order valence-corrected chi connectivity index (χ1v) is 16.4. The fourth-order valence-electron chi connectivity index (χ4n) is 4.42. The van der Waals surface area contributed by atoms with Gasteiger partial charge in [-0.15, -0.1) is 0 Å². The van der Waals surface area contributed by atoms with Crippen molar-refractivity contribution in [2.75, 3.05) is 49.1 Å². The van der Waals surface area contributed by atoms with Crippen LogP contribution in [0.3, 0.4) is 0 Å². The summed E-state index contributed by atoms with van der Waals surface area (Å²) in [6.45, 7) is 3.64. The van der Waals surface area contributed by atoms with Gasteiger partial charge in [0.15, 0.2) is 0 Å². The number of hydroxylamine groups is 2. The Morgan fingerprint density at radius 3 is 2.12 bits per heavy atom. The quantitative estimate of drug-likeness (QED) is 0.279. The van der Waals surface area contributed by atoms with E-state index in [4.69, 9.17) is 23.2 Å². The van der Waals surface area contributed by atoms with Crippen LogP contribution in [0, 0.1) is 5.21 Å². The van der Waals surface area contributed by atoms with Crippen LogP contribution in [-0.4, -0.2) is 66.5 Å². The second-order valence-corrected chi connectivity index (χ2v) is 14.4. The summed E-state index contributed by atoms with van der Waals surface area (Å²) in [6.07, 6.45) is 2.56. The molecule has 0 aromatic heterocycles. The van der Waals surface area contributed by atoms with Crippen molar-refractivity contribution in [1.82, 2.24) is 8.95 Å². The van der Waals surface area contributed by atoms with Crippen molar-refractivity contribution >= 4 is 72.3 Å². The minimum Gasteiger partial charge on any atom is -0.627 e. The maximum Gasteiger partial charge on any atom is 0.257 e. The first kappa shape index (κ1) is 31.0. The Kier molecular flexibility index (Phi) is 8.86. The number of benzene rings is 3. The fraction of sp³-hybridized carbons (Fsp3) is 0.222. The lowest BCUT2D eigenvalue weighted by Crippen LogP contribution is -2.58. The Hall–Kier alpha value is -2.97. The summed E-state index contributed by atoms with van der Waals surface area (Å²) in [4.78, 5) is 13.1. The number of carbonyl (C=O) groups is 1. The average molecular weight is 640 g/mol. The molecule has 1 aliphatic rings. The van der Waals surface area contributed by atoms with Gasteiger partial charge in [0.1, 0.15) is 5.69 Å². The number of amides is 1. The van der Waals surface area contributed by atoms with Crippen LogP contribution in [0.15, 0.2) is 72.1 Å². The number of nitrogens with zero attached hydrogens (tertiary/aromatic N) is 3. The van der Waals surface area contributed by atoms with Crippen molar-refractivity contribution in [3.05, 3.63) is 93.6 Å². The van der Waals surface area contributed by atoms with E-state index in [1.807, 2.05) is 0 Å². The van der Waals surface area contributed by atoms with E-state index in [1.54, 1.807) is 6.07 Å². The highest BCUT2D eigenvalue weighted by atomic mass is 35.5.